The molecular weight excluding hydrogens is 308 g/mol. The summed E-state index contributed by atoms with van der Waals surface area (Å²) < 4.78 is 16.9. The normalized spacial score (nSPS) is 31.8. The van der Waals surface area contributed by atoms with E-state index >= 15 is 0 Å². The third-order valence-electron chi connectivity index (χ3n) is 5.56. The zero-order chi connectivity index (χ0) is 16.4. The van der Waals surface area contributed by atoms with Gasteiger partial charge in [0, 0.05) is 31.8 Å². The molecular formula is C18H26N2O4. The molecule has 1 N–H and O–H groups in total. The molecule has 3 aliphatic rings. The maximum absolute atomic E-state index is 12.4. The highest BCUT2D eigenvalue weighted by atomic mass is 16.5. The number of hydrogen-bond donors (Lipinski definition) is 1. The van der Waals surface area contributed by atoms with Crippen LogP contribution in [0.4, 0.5) is 0 Å². The first-order valence-electron chi connectivity index (χ1n) is 9.10. The number of likely N-dealkylation sites (tertiary alicyclic amines) is 1. The van der Waals surface area contributed by atoms with Crippen molar-refractivity contribution in [2.24, 2.45) is 0 Å². The van der Waals surface area contributed by atoms with Crippen LogP contribution in [0.5, 0.6) is 0 Å². The van der Waals surface area contributed by atoms with Crippen LogP contribution in [0.1, 0.15) is 37.9 Å². The van der Waals surface area contributed by atoms with Gasteiger partial charge in [-0.3, -0.25) is 9.69 Å². The Labute approximate surface area is 142 Å². The van der Waals surface area contributed by atoms with Gasteiger partial charge in [-0.1, -0.05) is 0 Å². The first-order valence-corrected chi connectivity index (χ1v) is 9.10. The number of ether oxygens (including phenoxy) is 2. The Morgan fingerprint density at radius 1 is 1.21 bits per heavy atom. The summed E-state index contributed by atoms with van der Waals surface area (Å²) in [5.41, 5.74) is 0. The van der Waals surface area contributed by atoms with Gasteiger partial charge in [0.15, 0.2) is 0 Å². The van der Waals surface area contributed by atoms with Crippen LogP contribution >= 0.6 is 0 Å². The van der Waals surface area contributed by atoms with E-state index in [1.165, 1.54) is 0 Å². The molecule has 0 bridgehead atoms. The minimum atomic E-state index is -0.323. The van der Waals surface area contributed by atoms with E-state index in [-0.39, 0.29) is 18.1 Å². The number of amides is 1. The van der Waals surface area contributed by atoms with Crippen LogP contribution in [0.2, 0.25) is 0 Å². The lowest BCUT2D eigenvalue weighted by atomic mass is 9.96. The lowest BCUT2D eigenvalue weighted by Crippen LogP contribution is -2.50. The largest absolute Gasteiger partial charge is 0.467 e. The Kier molecular flexibility index (Phi) is 4.87. The Morgan fingerprint density at radius 3 is 2.88 bits per heavy atom. The second-order valence-electron chi connectivity index (χ2n) is 6.98. The fraction of sp³-hybridized carbons (Fsp3) is 0.722. The number of nitrogens with one attached hydrogen (secondary N) is 1. The number of carbonyl (C=O) groups is 1. The molecule has 0 radical (unpaired) electrons. The zero-order valence-corrected chi connectivity index (χ0v) is 14.0. The van der Waals surface area contributed by atoms with Crippen LogP contribution in [0.25, 0.3) is 0 Å². The van der Waals surface area contributed by atoms with E-state index in [4.69, 9.17) is 13.9 Å². The molecule has 0 unspecified atom stereocenters. The van der Waals surface area contributed by atoms with Crippen molar-refractivity contribution in [3.05, 3.63) is 24.2 Å². The maximum atomic E-state index is 12.4. The number of nitrogens with zero attached hydrogens (tertiary/aromatic N) is 1. The molecule has 0 aliphatic carbocycles. The van der Waals surface area contributed by atoms with Crippen LogP contribution in [-0.4, -0.2) is 54.9 Å². The molecule has 3 aliphatic heterocycles. The highest BCUT2D eigenvalue weighted by molar-refractivity contribution is 5.80. The molecule has 132 valence electrons. The molecule has 4 heterocycles. The SMILES string of the molecule is O=C(NCc1ccco1)[C@@H]1CC[C@@H]2[C@@H](CCN2C2CCOCC2)O1. The van der Waals surface area contributed by atoms with E-state index in [9.17, 15) is 4.79 Å². The molecule has 6 heteroatoms. The number of carbonyl (C=O) groups excluding carboxylic acids is 1. The molecule has 1 amide bonds. The van der Waals surface area contributed by atoms with Crippen LogP contribution in [-0.2, 0) is 20.8 Å². The molecule has 1 aromatic heterocycles. The Morgan fingerprint density at radius 2 is 2.08 bits per heavy atom. The van der Waals surface area contributed by atoms with Crippen molar-refractivity contribution in [1.82, 2.24) is 10.2 Å². The minimum absolute atomic E-state index is 0.0191. The molecule has 3 fully saturated rings. The predicted octanol–water partition coefficient (Wildman–Crippen LogP) is 1.70. The average Bonchev–Trinajstić information content (AvgIpc) is 3.29. The van der Waals surface area contributed by atoms with Crippen molar-refractivity contribution in [3.8, 4) is 0 Å². The summed E-state index contributed by atoms with van der Waals surface area (Å²) in [4.78, 5) is 15.0. The monoisotopic (exact) mass is 334 g/mol. The first kappa shape index (κ1) is 16.1. The fourth-order valence-electron chi connectivity index (χ4n) is 4.32. The van der Waals surface area contributed by atoms with E-state index in [0.717, 1.165) is 57.6 Å². The standard InChI is InChI=1S/C18H26N2O4/c21-18(19-12-14-2-1-9-23-14)17-4-3-15-16(24-17)5-8-20(15)13-6-10-22-11-7-13/h1-2,9,13,15-17H,3-8,10-12H2,(H,19,21)/t15-,16-,17+/m1/s1. The summed E-state index contributed by atoms with van der Waals surface area (Å²) >= 11 is 0. The van der Waals surface area contributed by atoms with Crippen molar-refractivity contribution >= 4 is 5.91 Å². The second kappa shape index (κ2) is 7.25. The Balaban J connectivity index is 1.29. The molecule has 3 saturated heterocycles. The van der Waals surface area contributed by atoms with Crippen molar-refractivity contribution < 1.29 is 18.7 Å². The van der Waals surface area contributed by atoms with Crippen molar-refractivity contribution in [3.63, 3.8) is 0 Å². The highest BCUT2D eigenvalue weighted by Crippen LogP contribution is 2.34. The van der Waals surface area contributed by atoms with E-state index in [2.05, 4.69) is 10.2 Å². The molecule has 0 aromatic carbocycles. The van der Waals surface area contributed by atoms with Crippen molar-refractivity contribution in [1.29, 1.82) is 0 Å². The lowest BCUT2D eigenvalue weighted by molar-refractivity contribution is -0.145. The van der Waals surface area contributed by atoms with Gasteiger partial charge in [0.25, 0.3) is 0 Å². The molecule has 0 spiro atoms. The summed E-state index contributed by atoms with van der Waals surface area (Å²) in [6, 6.07) is 4.79. The van der Waals surface area contributed by atoms with E-state index < -0.39 is 0 Å². The topological polar surface area (TPSA) is 63.9 Å². The fourth-order valence-corrected chi connectivity index (χ4v) is 4.32. The van der Waals surface area contributed by atoms with Gasteiger partial charge in [0.05, 0.1) is 18.9 Å². The number of hydrogen-bond acceptors (Lipinski definition) is 5. The summed E-state index contributed by atoms with van der Waals surface area (Å²) in [7, 11) is 0. The number of furan rings is 1. The highest BCUT2D eigenvalue weighted by Gasteiger charge is 2.44. The number of rotatable bonds is 4. The van der Waals surface area contributed by atoms with Gasteiger partial charge in [-0.15, -0.1) is 0 Å². The molecule has 1 aromatic rings. The molecule has 24 heavy (non-hydrogen) atoms. The Hall–Kier alpha value is -1.37. The van der Waals surface area contributed by atoms with Crippen LogP contribution in [0.15, 0.2) is 22.8 Å². The number of fused-ring (bicyclic) bond motifs is 1. The molecule has 0 saturated carbocycles. The van der Waals surface area contributed by atoms with E-state index in [1.54, 1.807) is 6.26 Å². The minimum Gasteiger partial charge on any atom is -0.467 e. The molecule has 4 rings (SSSR count). The quantitative estimate of drug-likeness (QED) is 0.908. The van der Waals surface area contributed by atoms with Gasteiger partial charge in [-0.25, -0.2) is 0 Å². The first-order chi connectivity index (χ1) is 11.8. The maximum Gasteiger partial charge on any atom is 0.249 e. The van der Waals surface area contributed by atoms with Gasteiger partial charge in [-0.2, -0.15) is 0 Å². The van der Waals surface area contributed by atoms with E-state index in [0.29, 0.717) is 18.6 Å². The zero-order valence-electron chi connectivity index (χ0n) is 14.0. The Bertz CT molecular complexity index is 541. The van der Waals surface area contributed by atoms with Crippen molar-refractivity contribution in [2.75, 3.05) is 19.8 Å². The van der Waals surface area contributed by atoms with E-state index in [1.807, 2.05) is 12.1 Å². The second-order valence-corrected chi connectivity index (χ2v) is 6.98. The summed E-state index contributed by atoms with van der Waals surface area (Å²) in [5, 5.41) is 2.92. The van der Waals surface area contributed by atoms with Gasteiger partial charge >= 0.3 is 0 Å². The van der Waals surface area contributed by atoms with Gasteiger partial charge < -0.3 is 19.2 Å². The molecule has 3 atom stereocenters. The van der Waals surface area contributed by atoms with Crippen LogP contribution in [0.3, 0.4) is 0 Å². The third-order valence-corrected chi connectivity index (χ3v) is 5.56. The van der Waals surface area contributed by atoms with Gasteiger partial charge in [0.1, 0.15) is 11.9 Å². The summed E-state index contributed by atoms with van der Waals surface area (Å²) in [6.45, 7) is 3.25. The van der Waals surface area contributed by atoms with Crippen LogP contribution < -0.4 is 5.32 Å². The summed E-state index contributed by atoms with van der Waals surface area (Å²) in [5.74, 6) is 0.748. The van der Waals surface area contributed by atoms with Gasteiger partial charge in [-0.05, 0) is 44.2 Å². The van der Waals surface area contributed by atoms with Gasteiger partial charge in [0.2, 0.25) is 5.91 Å². The molecule has 6 nitrogen and oxygen atoms in total. The third kappa shape index (κ3) is 3.36. The van der Waals surface area contributed by atoms with Crippen molar-refractivity contribution in [2.45, 2.75) is 62.9 Å². The predicted molar refractivity (Wildman–Crippen MR) is 87.4 cm³/mol. The average molecular weight is 334 g/mol. The lowest BCUT2D eigenvalue weighted by Gasteiger charge is -2.40. The summed E-state index contributed by atoms with van der Waals surface area (Å²) in [6.07, 6.45) is 6.60. The van der Waals surface area contributed by atoms with Crippen LogP contribution in [0, 0.1) is 0 Å². The smallest absolute Gasteiger partial charge is 0.249 e.